The van der Waals surface area contributed by atoms with Crippen molar-refractivity contribution in [2.24, 2.45) is 4.99 Å². The van der Waals surface area contributed by atoms with Crippen LogP contribution in [0.15, 0.2) is 29.8 Å². The number of aryl methyl sites for hydroxylation is 1. The molecule has 2 N–H and O–H groups in total. The number of aromatic nitrogens is 5. The summed E-state index contributed by atoms with van der Waals surface area (Å²) in [6.45, 7) is 8.73. The Labute approximate surface area is 198 Å². The fraction of sp³-hybridized carbons (Fsp3) is 0.565. The molecule has 0 aliphatic carbocycles. The first kappa shape index (κ1) is 21.1. The van der Waals surface area contributed by atoms with Crippen LogP contribution >= 0.6 is 11.8 Å². The number of likely N-dealkylation sites (tertiary alicyclic amines) is 2. The van der Waals surface area contributed by atoms with E-state index >= 15 is 0 Å². The van der Waals surface area contributed by atoms with E-state index < -0.39 is 0 Å². The van der Waals surface area contributed by atoms with E-state index in [2.05, 4.69) is 34.7 Å². The number of anilines is 1. The highest BCUT2D eigenvalue weighted by molar-refractivity contribution is 8.14. The van der Waals surface area contributed by atoms with Crippen molar-refractivity contribution in [3.8, 4) is 11.3 Å². The van der Waals surface area contributed by atoms with Crippen molar-refractivity contribution in [2.75, 3.05) is 44.6 Å². The van der Waals surface area contributed by atoms with Crippen molar-refractivity contribution >= 4 is 28.3 Å². The van der Waals surface area contributed by atoms with E-state index in [9.17, 15) is 0 Å². The number of thioether (sulfide) groups is 1. The lowest BCUT2D eigenvalue weighted by atomic mass is 10.0. The summed E-state index contributed by atoms with van der Waals surface area (Å²) in [5.41, 5.74) is 3.78. The predicted molar refractivity (Wildman–Crippen MR) is 133 cm³/mol. The minimum Gasteiger partial charge on any atom is -0.353 e. The summed E-state index contributed by atoms with van der Waals surface area (Å²) in [5.74, 6) is 0.810. The minimum absolute atomic E-state index is 0.189. The van der Waals surface area contributed by atoms with Crippen LogP contribution < -0.4 is 5.32 Å². The number of fused-ring (bicyclic) bond motifs is 1. The zero-order valence-electron chi connectivity index (χ0n) is 19.1. The summed E-state index contributed by atoms with van der Waals surface area (Å²) in [5, 5.41) is 12.0. The van der Waals surface area contributed by atoms with Gasteiger partial charge in [-0.25, -0.2) is 9.97 Å². The molecule has 3 aliphatic rings. The van der Waals surface area contributed by atoms with E-state index in [1.807, 2.05) is 43.5 Å². The molecule has 2 saturated heterocycles. The molecule has 1 unspecified atom stereocenters. The molecule has 3 aromatic rings. The number of imidazole rings is 1. The Balaban J connectivity index is 1.07. The number of H-pyrrole nitrogens is 1. The summed E-state index contributed by atoms with van der Waals surface area (Å²) >= 11 is 1.84. The Bertz CT molecular complexity index is 1120. The van der Waals surface area contributed by atoms with Crippen molar-refractivity contribution in [1.82, 2.24) is 34.4 Å². The Morgan fingerprint density at radius 1 is 1.15 bits per heavy atom. The van der Waals surface area contributed by atoms with Gasteiger partial charge in [-0.2, -0.15) is 5.10 Å². The van der Waals surface area contributed by atoms with Gasteiger partial charge in [0.15, 0.2) is 11.5 Å². The minimum atomic E-state index is 0.189. The van der Waals surface area contributed by atoms with E-state index in [0.717, 1.165) is 47.5 Å². The van der Waals surface area contributed by atoms with Crippen molar-refractivity contribution in [3.63, 3.8) is 0 Å². The van der Waals surface area contributed by atoms with Crippen LogP contribution in [0.25, 0.3) is 16.9 Å². The first-order valence-corrected chi connectivity index (χ1v) is 12.9. The number of nitrogens with one attached hydrogen (secondary N) is 2. The molecular formula is C23H31N9S. The van der Waals surface area contributed by atoms with Gasteiger partial charge in [0, 0.05) is 43.6 Å². The lowest BCUT2D eigenvalue weighted by molar-refractivity contribution is 0.137. The van der Waals surface area contributed by atoms with Crippen LogP contribution in [-0.4, -0.2) is 90.1 Å². The Hall–Kier alpha value is -2.43. The van der Waals surface area contributed by atoms with Crippen LogP contribution in [0.5, 0.6) is 0 Å². The van der Waals surface area contributed by atoms with E-state index in [1.165, 1.54) is 56.9 Å². The van der Waals surface area contributed by atoms with Gasteiger partial charge in [0.2, 0.25) is 0 Å². The van der Waals surface area contributed by atoms with Crippen LogP contribution in [0.3, 0.4) is 0 Å². The van der Waals surface area contributed by atoms with Crippen LogP contribution in [0.1, 0.15) is 31.4 Å². The van der Waals surface area contributed by atoms with Crippen LogP contribution in [0.4, 0.5) is 5.82 Å². The number of aliphatic imine (C=N–C) groups is 1. The smallest absolute Gasteiger partial charge is 0.180 e. The summed E-state index contributed by atoms with van der Waals surface area (Å²) in [6, 6.07) is 0.799. The summed E-state index contributed by atoms with van der Waals surface area (Å²) in [6.07, 6.45) is 12.9. The molecule has 0 spiro atoms. The standard InChI is InChI=1S/C23H31N9S/c1-16-14-32-19(17-10-26-27-11-17)12-25-23(32)22(28-16)29-20-13-24-21(33-20)15-30-8-4-18(5-9-30)31-6-2-3-7-31/h10-12,14,18,20H,2-9,13,15H2,1H3,(H,26,27)(H,28,29). The van der Waals surface area contributed by atoms with Gasteiger partial charge in [-0.1, -0.05) is 11.8 Å². The fourth-order valence-electron chi connectivity index (χ4n) is 5.29. The molecular weight excluding hydrogens is 434 g/mol. The highest BCUT2D eigenvalue weighted by Gasteiger charge is 2.28. The number of hydrogen-bond acceptors (Lipinski definition) is 8. The zero-order valence-corrected chi connectivity index (χ0v) is 19.9. The quantitative estimate of drug-likeness (QED) is 0.579. The number of piperidine rings is 1. The number of aromatic amines is 1. The van der Waals surface area contributed by atoms with Gasteiger partial charge in [-0.15, -0.1) is 0 Å². The normalized spacial score (nSPS) is 22.9. The monoisotopic (exact) mass is 465 g/mol. The fourth-order valence-corrected chi connectivity index (χ4v) is 6.34. The first-order chi connectivity index (χ1) is 16.2. The molecule has 3 aliphatic heterocycles. The highest BCUT2D eigenvalue weighted by Crippen LogP contribution is 2.28. The van der Waals surface area contributed by atoms with E-state index in [-0.39, 0.29) is 5.37 Å². The van der Waals surface area contributed by atoms with Gasteiger partial charge in [0.25, 0.3) is 0 Å². The second kappa shape index (κ2) is 9.08. The second-order valence-corrected chi connectivity index (χ2v) is 10.6. The molecule has 0 saturated carbocycles. The van der Waals surface area contributed by atoms with Crippen LogP contribution in [0, 0.1) is 6.92 Å². The Morgan fingerprint density at radius 3 is 2.79 bits per heavy atom. The number of rotatable bonds is 6. The molecule has 2 fully saturated rings. The third kappa shape index (κ3) is 4.39. The molecule has 0 radical (unpaired) electrons. The first-order valence-electron chi connectivity index (χ1n) is 12.0. The predicted octanol–water partition coefficient (Wildman–Crippen LogP) is 2.87. The maximum absolute atomic E-state index is 4.85. The van der Waals surface area contributed by atoms with Crippen molar-refractivity contribution in [1.29, 1.82) is 0 Å². The average molecular weight is 466 g/mol. The van der Waals surface area contributed by atoms with E-state index in [1.54, 1.807) is 0 Å². The molecule has 6 rings (SSSR count). The lowest BCUT2D eigenvalue weighted by Crippen LogP contribution is -2.44. The highest BCUT2D eigenvalue weighted by atomic mass is 32.2. The molecule has 0 amide bonds. The zero-order chi connectivity index (χ0) is 22.2. The second-order valence-electron chi connectivity index (χ2n) is 9.29. The van der Waals surface area contributed by atoms with Crippen molar-refractivity contribution in [2.45, 2.75) is 44.0 Å². The Kier molecular flexibility index (Phi) is 5.81. The van der Waals surface area contributed by atoms with Gasteiger partial charge in [0.1, 0.15) is 0 Å². The number of nitrogens with zero attached hydrogens (tertiary/aromatic N) is 7. The molecule has 174 valence electrons. The average Bonchev–Trinajstić information content (AvgIpc) is 3.61. The largest absolute Gasteiger partial charge is 0.353 e. The molecule has 0 bridgehead atoms. The van der Waals surface area contributed by atoms with Crippen LogP contribution in [-0.2, 0) is 0 Å². The summed E-state index contributed by atoms with van der Waals surface area (Å²) < 4.78 is 2.08. The third-order valence-corrected chi connectivity index (χ3v) is 8.07. The van der Waals surface area contributed by atoms with Crippen LogP contribution in [0.2, 0.25) is 0 Å². The number of hydrogen-bond donors (Lipinski definition) is 2. The van der Waals surface area contributed by atoms with Gasteiger partial charge >= 0.3 is 0 Å². The van der Waals surface area contributed by atoms with E-state index in [4.69, 9.17) is 9.98 Å². The maximum Gasteiger partial charge on any atom is 0.180 e. The lowest BCUT2D eigenvalue weighted by Gasteiger charge is -2.36. The third-order valence-electron chi connectivity index (χ3n) is 6.99. The van der Waals surface area contributed by atoms with Gasteiger partial charge < -0.3 is 10.2 Å². The molecule has 33 heavy (non-hydrogen) atoms. The van der Waals surface area contributed by atoms with Gasteiger partial charge in [-0.05, 0) is 45.7 Å². The van der Waals surface area contributed by atoms with E-state index in [0.29, 0.717) is 0 Å². The molecule has 9 nitrogen and oxygen atoms in total. The summed E-state index contributed by atoms with van der Waals surface area (Å²) in [4.78, 5) is 19.5. The maximum atomic E-state index is 4.85. The molecule has 0 aromatic carbocycles. The molecule has 3 aromatic heterocycles. The molecule has 10 heteroatoms. The van der Waals surface area contributed by atoms with Gasteiger partial charge in [0.05, 0.1) is 40.7 Å². The summed E-state index contributed by atoms with van der Waals surface area (Å²) in [7, 11) is 0. The van der Waals surface area contributed by atoms with Gasteiger partial charge in [-0.3, -0.25) is 19.4 Å². The SMILES string of the molecule is Cc1cn2c(-c3cn[nH]c3)cnc2c(NC2CN=C(CN3CCC(N4CCCC4)CC3)S2)n1. The topological polar surface area (TPSA) is 89.7 Å². The molecule has 6 heterocycles. The molecule has 1 atom stereocenters. The van der Waals surface area contributed by atoms with Crippen molar-refractivity contribution < 1.29 is 0 Å². The van der Waals surface area contributed by atoms with Crippen molar-refractivity contribution in [3.05, 3.63) is 30.5 Å². The Morgan fingerprint density at radius 2 is 2.00 bits per heavy atom.